The van der Waals surface area contributed by atoms with Crippen LogP contribution in [0.5, 0.6) is 5.75 Å². The molecule has 106 valence electrons. The molecule has 0 bridgehead atoms. The zero-order chi connectivity index (χ0) is 14.2. The summed E-state index contributed by atoms with van der Waals surface area (Å²) in [6, 6.07) is 18.6. The normalized spacial score (nSPS) is 12.1. The number of thioether (sulfide) groups is 1. The van der Waals surface area contributed by atoms with Gasteiger partial charge in [-0.2, -0.15) is 0 Å². The Morgan fingerprint density at radius 1 is 1.10 bits per heavy atom. The van der Waals surface area contributed by atoms with Crippen LogP contribution in [-0.2, 0) is 6.42 Å². The van der Waals surface area contributed by atoms with Crippen molar-refractivity contribution in [3.05, 3.63) is 60.2 Å². The zero-order valence-electron chi connectivity index (χ0n) is 11.6. The van der Waals surface area contributed by atoms with Crippen LogP contribution in [-0.4, -0.2) is 18.9 Å². The summed E-state index contributed by atoms with van der Waals surface area (Å²) in [5.74, 6) is 7.50. The lowest BCUT2D eigenvalue weighted by Gasteiger charge is -2.17. The fourth-order valence-electron chi connectivity index (χ4n) is 2.02. The van der Waals surface area contributed by atoms with Crippen molar-refractivity contribution >= 4 is 11.8 Å². The van der Waals surface area contributed by atoms with Gasteiger partial charge in [0, 0.05) is 16.7 Å². The lowest BCUT2D eigenvalue weighted by molar-refractivity contribution is 0.406. The standard InChI is InChI=1S/C16H20N2OS/c1-19-16-10-6-5-7-13(16)11-14(18-17)12-20-15-8-3-2-4-9-15/h2-10,14,18H,11-12,17H2,1H3. The van der Waals surface area contributed by atoms with E-state index in [-0.39, 0.29) is 6.04 Å². The molecule has 0 aromatic heterocycles. The van der Waals surface area contributed by atoms with E-state index in [2.05, 4.69) is 23.6 Å². The Bertz CT molecular complexity index is 519. The highest BCUT2D eigenvalue weighted by atomic mass is 32.2. The molecular weight excluding hydrogens is 268 g/mol. The predicted molar refractivity (Wildman–Crippen MR) is 85.0 cm³/mol. The lowest BCUT2D eigenvalue weighted by atomic mass is 10.1. The first kappa shape index (κ1) is 14.9. The highest BCUT2D eigenvalue weighted by Crippen LogP contribution is 2.22. The molecule has 0 spiro atoms. The average Bonchev–Trinajstić information content (AvgIpc) is 2.52. The molecule has 3 nitrogen and oxygen atoms in total. The summed E-state index contributed by atoms with van der Waals surface area (Å²) in [7, 11) is 1.70. The van der Waals surface area contributed by atoms with Gasteiger partial charge in [-0.15, -0.1) is 11.8 Å². The highest BCUT2D eigenvalue weighted by molar-refractivity contribution is 7.99. The molecule has 2 rings (SSSR count). The number of nitrogens with one attached hydrogen (secondary N) is 1. The van der Waals surface area contributed by atoms with Gasteiger partial charge in [-0.05, 0) is 30.2 Å². The Morgan fingerprint density at radius 3 is 2.50 bits per heavy atom. The van der Waals surface area contributed by atoms with Crippen molar-refractivity contribution in [1.29, 1.82) is 0 Å². The van der Waals surface area contributed by atoms with Gasteiger partial charge >= 0.3 is 0 Å². The van der Waals surface area contributed by atoms with Gasteiger partial charge in [0.25, 0.3) is 0 Å². The van der Waals surface area contributed by atoms with Gasteiger partial charge in [-0.1, -0.05) is 36.4 Å². The second-order valence-electron chi connectivity index (χ2n) is 4.50. The Balaban J connectivity index is 1.95. The number of hydrogen-bond acceptors (Lipinski definition) is 4. The molecule has 4 heteroatoms. The first-order valence-electron chi connectivity index (χ1n) is 6.59. The molecule has 0 heterocycles. The van der Waals surface area contributed by atoms with Gasteiger partial charge in [0.2, 0.25) is 0 Å². The molecule has 3 N–H and O–H groups in total. The summed E-state index contributed by atoms with van der Waals surface area (Å²) in [5.41, 5.74) is 4.07. The molecule has 0 saturated carbocycles. The molecule has 0 saturated heterocycles. The molecule has 1 atom stereocenters. The van der Waals surface area contributed by atoms with Crippen LogP contribution in [0.1, 0.15) is 5.56 Å². The van der Waals surface area contributed by atoms with E-state index in [9.17, 15) is 0 Å². The number of benzene rings is 2. The number of methoxy groups -OCH3 is 1. The van der Waals surface area contributed by atoms with E-state index in [1.165, 1.54) is 10.5 Å². The first-order chi connectivity index (χ1) is 9.83. The van der Waals surface area contributed by atoms with E-state index in [4.69, 9.17) is 10.6 Å². The fourth-order valence-corrected chi connectivity index (χ4v) is 2.97. The molecule has 1 unspecified atom stereocenters. The van der Waals surface area contributed by atoms with E-state index in [0.717, 1.165) is 17.9 Å². The van der Waals surface area contributed by atoms with E-state index >= 15 is 0 Å². The highest BCUT2D eigenvalue weighted by Gasteiger charge is 2.11. The number of ether oxygens (including phenoxy) is 1. The van der Waals surface area contributed by atoms with E-state index in [1.807, 2.05) is 36.4 Å². The van der Waals surface area contributed by atoms with Crippen molar-refractivity contribution in [1.82, 2.24) is 5.43 Å². The monoisotopic (exact) mass is 288 g/mol. The second kappa shape index (κ2) is 7.94. The average molecular weight is 288 g/mol. The predicted octanol–water partition coefficient (Wildman–Crippen LogP) is 2.86. The summed E-state index contributed by atoms with van der Waals surface area (Å²) >= 11 is 1.80. The first-order valence-corrected chi connectivity index (χ1v) is 7.58. The third-order valence-corrected chi connectivity index (χ3v) is 4.26. The van der Waals surface area contributed by atoms with Gasteiger partial charge in [-0.25, -0.2) is 0 Å². The lowest BCUT2D eigenvalue weighted by Crippen LogP contribution is -2.38. The maximum atomic E-state index is 5.67. The number of nitrogens with two attached hydrogens (primary N) is 1. The number of rotatable bonds is 7. The molecule has 2 aromatic carbocycles. The zero-order valence-corrected chi connectivity index (χ0v) is 12.4. The Morgan fingerprint density at radius 2 is 1.80 bits per heavy atom. The van der Waals surface area contributed by atoms with E-state index in [1.54, 1.807) is 18.9 Å². The van der Waals surface area contributed by atoms with Crippen molar-refractivity contribution < 1.29 is 4.74 Å². The van der Waals surface area contributed by atoms with Gasteiger partial charge in [0.15, 0.2) is 0 Å². The molecule has 0 aliphatic heterocycles. The maximum absolute atomic E-state index is 5.67. The third kappa shape index (κ3) is 4.27. The van der Waals surface area contributed by atoms with Gasteiger partial charge in [0.1, 0.15) is 5.75 Å². The summed E-state index contributed by atoms with van der Waals surface area (Å²) in [4.78, 5) is 1.26. The van der Waals surface area contributed by atoms with Crippen LogP contribution in [0.4, 0.5) is 0 Å². The van der Waals surface area contributed by atoms with Crippen molar-refractivity contribution in [3.8, 4) is 5.75 Å². The molecular formula is C16H20N2OS. The van der Waals surface area contributed by atoms with Crippen LogP contribution in [0.3, 0.4) is 0 Å². The number of hydrogen-bond donors (Lipinski definition) is 2. The van der Waals surface area contributed by atoms with Crippen LogP contribution in [0.15, 0.2) is 59.5 Å². The number of hydrazine groups is 1. The minimum Gasteiger partial charge on any atom is -0.496 e. The topological polar surface area (TPSA) is 47.3 Å². The summed E-state index contributed by atoms with van der Waals surface area (Å²) < 4.78 is 5.38. The van der Waals surface area contributed by atoms with E-state index in [0.29, 0.717) is 0 Å². The van der Waals surface area contributed by atoms with Gasteiger partial charge < -0.3 is 4.74 Å². The van der Waals surface area contributed by atoms with Crippen molar-refractivity contribution in [3.63, 3.8) is 0 Å². The summed E-state index contributed by atoms with van der Waals surface area (Å²) in [6.45, 7) is 0. The van der Waals surface area contributed by atoms with Crippen LogP contribution >= 0.6 is 11.8 Å². The van der Waals surface area contributed by atoms with Crippen molar-refractivity contribution in [2.24, 2.45) is 5.84 Å². The quantitative estimate of drug-likeness (QED) is 0.467. The van der Waals surface area contributed by atoms with Crippen molar-refractivity contribution in [2.45, 2.75) is 17.4 Å². The molecule has 20 heavy (non-hydrogen) atoms. The molecule has 2 aromatic rings. The Hall–Kier alpha value is -1.49. The minimum absolute atomic E-state index is 0.205. The van der Waals surface area contributed by atoms with Crippen molar-refractivity contribution in [2.75, 3.05) is 12.9 Å². The molecule has 0 aliphatic carbocycles. The van der Waals surface area contributed by atoms with Crippen LogP contribution in [0.2, 0.25) is 0 Å². The molecule has 0 amide bonds. The number of para-hydroxylation sites is 1. The second-order valence-corrected chi connectivity index (χ2v) is 5.60. The maximum Gasteiger partial charge on any atom is 0.122 e. The Labute approximate surface area is 124 Å². The minimum atomic E-state index is 0.205. The molecule has 0 aliphatic rings. The van der Waals surface area contributed by atoms with Gasteiger partial charge in [0.05, 0.1) is 7.11 Å². The smallest absolute Gasteiger partial charge is 0.122 e. The van der Waals surface area contributed by atoms with Crippen LogP contribution < -0.4 is 16.0 Å². The summed E-state index contributed by atoms with van der Waals surface area (Å²) in [5, 5.41) is 0. The third-order valence-electron chi connectivity index (χ3n) is 3.09. The van der Waals surface area contributed by atoms with Crippen LogP contribution in [0.25, 0.3) is 0 Å². The van der Waals surface area contributed by atoms with Crippen LogP contribution in [0, 0.1) is 0 Å². The largest absolute Gasteiger partial charge is 0.496 e. The fraction of sp³-hybridized carbons (Fsp3) is 0.250. The molecule has 0 fully saturated rings. The summed E-state index contributed by atoms with van der Waals surface area (Å²) in [6.07, 6.45) is 0.848. The SMILES string of the molecule is COc1ccccc1CC(CSc1ccccc1)NN. The molecule has 0 radical (unpaired) electrons. The Kier molecular flexibility index (Phi) is 5.92. The van der Waals surface area contributed by atoms with E-state index < -0.39 is 0 Å². The van der Waals surface area contributed by atoms with Gasteiger partial charge in [-0.3, -0.25) is 11.3 Å².